The van der Waals surface area contributed by atoms with E-state index in [0.29, 0.717) is 11.7 Å². The van der Waals surface area contributed by atoms with Crippen LogP contribution >= 0.6 is 0 Å². The van der Waals surface area contributed by atoms with Crippen LogP contribution in [-0.2, 0) is 4.79 Å². The van der Waals surface area contributed by atoms with E-state index in [9.17, 15) is 4.79 Å². The molecule has 1 aromatic carbocycles. The maximum atomic E-state index is 11.9. The molecule has 3 rings (SSSR count). The number of carbonyl (C=O) groups excluding carboxylic acids is 1. The molecule has 2 N–H and O–H groups in total. The van der Waals surface area contributed by atoms with E-state index in [-0.39, 0.29) is 17.9 Å². The van der Waals surface area contributed by atoms with Gasteiger partial charge in [-0.1, -0.05) is 35.5 Å². The standard InChI is InChI=1S/C16H20N4O2/c1-11-18-16(22-19-11)13-7-9-20(10-8-13)14(15(17)21)12-5-3-2-4-6-12/h2-6,13-14H,7-10H2,1H3,(H2,17,21). The highest BCUT2D eigenvalue weighted by Gasteiger charge is 2.31. The van der Waals surface area contributed by atoms with Gasteiger partial charge in [-0.25, -0.2) is 0 Å². The van der Waals surface area contributed by atoms with Crippen molar-refractivity contribution in [2.75, 3.05) is 13.1 Å². The highest BCUT2D eigenvalue weighted by molar-refractivity contribution is 5.81. The van der Waals surface area contributed by atoms with E-state index in [1.54, 1.807) is 0 Å². The number of aromatic nitrogens is 2. The second kappa shape index (κ2) is 6.27. The van der Waals surface area contributed by atoms with Gasteiger partial charge in [-0.15, -0.1) is 0 Å². The number of likely N-dealkylation sites (tertiary alicyclic amines) is 1. The molecule has 1 fully saturated rings. The van der Waals surface area contributed by atoms with Gasteiger partial charge in [0.2, 0.25) is 11.8 Å². The van der Waals surface area contributed by atoms with Crippen LogP contribution in [0.1, 0.15) is 42.1 Å². The number of piperidine rings is 1. The second-order valence-electron chi connectivity index (χ2n) is 5.71. The molecule has 0 spiro atoms. The molecular formula is C16H20N4O2. The summed E-state index contributed by atoms with van der Waals surface area (Å²) >= 11 is 0. The molecule has 1 aromatic heterocycles. The molecule has 2 aromatic rings. The van der Waals surface area contributed by atoms with E-state index >= 15 is 0 Å². The lowest BCUT2D eigenvalue weighted by Crippen LogP contribution is -2.42. The Morgan fingerprint density at radius 2 is 2.00 bits per heavy atom. The van der Waals surface area contributed by atoms with Crippen LogP contribution in [0, 0.1) is 6.92 Å². The smallest absolute Gasteiger partial charge is 0.239 e. The van der Waals surface area contributed by atoms with Gasteiger partial charge in [0.1, 0.15) is 6.04 Å². The first-order chi connectivity index (χ1) is 10.6. The summed E-state index contributed by atoms with van der Waals surface area (Å²) in [5.41, 5.74) is 6.57. The van der Waals surface area contributed by atoms with Gasteiger partial charge in [0.05, 0.1) is 0 Å². The SMILES string of the molecule is Cc1noc(C2CCN(C(C(N)=O)c3ccccc3)CC2)n1. The van der Waals surface area contributed by atoms with Gasteiger partial charge in [-0.2, -0.15) is 4.98 Å². The minimum atomic E-state index is -0.369. The molecule has 6 nitrogen and oxygen atoms in total. The third-order valence-electron chi connectivity index (χ3n) is 4.17. The van der Waals surface area contributed by atoms with Crippen LogP contribution in [0.3, 0.4) is 0 Å². The summed E-state index contributed by atoms with van der Waals surface area (Å²) in [5.74, 6) is 1.32. The molecule has 1 aliphatic rings. The lowest BCUT2D eigenvalue weighted by Gasteiger charge is -2.35. The second-order valence-corrected chi connectivity index (χ2v) is 5.71. The Morgan fingerprint density at radius 3 is 2.55 bits per heavy atom. The van der Waals surface area contributed by atoms with Crippen LogP contribution in [-0.4, -0.2) is 34.0 Å². The van der Waals surface area contributed by atoms with Crippen molar-refractivity contribution in [1.29, 1.82) is 0 Å². The summed E-state index contributed by atoms with van der Waals surface area (Å²) in [5, 5.41) is 3.85. The van der Waals surface area contributed by atoms with Crippen molar-refractivity contribution in [2.45, 2.75) is 31.7 Å². The van der Waals surface area contributed by atoms with Gasteiger partial charge < -0.3 is 10.3 Å². The Kier molecular flexibility index (Phi) is 4.20. The van der Waals surface area contributed by atoms with E-state index in [0.717, 1.165) is 31.5 Å². The monoisotopic (exact) mass is 300 g/mol. The van der Waals surface area contributed by atoms with Crippen molar-refractivity contribution in [3.05, 3.63) is 47.6 Å². The Morgan fingerprint density at radius 1 is 1.32 bits per heavy atom. The fourth-order valence-electron chi connectivity index (χ4n) is 3.07. The molecule has 1 atom stereocenters. The molecular weight excluding hydrogens is 280 g/mol. The van der Waals surface area contributed by atoms with Crippen molar-refractivity contribution in [3.63, 3.8) is 0 Å². The average molecular weight is 300 g/mol. The Hall–Kier alpha value is -2.21. The van der Waals surface area contributed by atoms with Crippen LogP contribution in [0.5, 0.6) is 0 Å². The zero-order valence-corrected chi connectivity index (χ0v) is 12.6. The van der Waals surface area contributed by atoms with Gasteiger partial charge in [0.25, 0.3) is 0 Å². The van der Waals surface area contributed by atoms with Crippen LogP contribution < -0.4 is 5.73 Å². The number of nitrogens with two attached hydrogens (primary N) is 1. The molecule has 0 saturated carbocycles. The highest BCUT2D eigenvalue weighted by atomic mass is 16.5. The van der Waals surface area contributed by atoms with Gasteiger partial charge in [0.15, 0.2) is 5.82 Å². The molecule has 1 unspecified atom stereocenters. The molecule has 116 valence electrons. The summed E-state index contributed by atoms with van der Waals surface area (Å²) in [6, 6.07) is 9.32. The first-order valence-electron chi connectivity index (χ1n) is 7.53. The largest absolute Gasteiger partial charge is 0.368 e. The third kappa shape index (κ3) is 3.01. The number of benzene rings is 1. The number of amides is 1. The minimum absolute atomic E-state index is 0.266. The fraction of sp³-hybridized carbons (Fsp3) is 0.438. The number of hydrogen-bond donors (Lipinski definition) is 1. The first kappa shape index (κ1) is 14.7. The summed E-state index contributed by atoms with van der Waals surface area (Å²) in [4.78, 5) is 18.3. The number of carbonyl (C=O) groups is 1. The van der Waals surface area contributed by atoms with E-state index in [4.69, 9.17) is 10.3 Å². The molecule has 1 aliphatic heterocycles. The maximum absolute atomic E-state index is 11.9. The number of rotatable bonds is 4. The van der Waals surface area contributed by atoms with Crippen molar-refractivity contribution in [2.24, 2.45) is 5.73 Å². The van der Waals surface area contributed by atoms with Crippen molar-refractivity contribution in [3.8, 4) is 0 Å². The number of hydrogen-bond acceptors (Lipinski definition) is 5. The summed E-state index contributed by atoms with van der Waals surface area (Å²) < 4.78 is 5.26. The zero-order valence-electron chi connectivity index (χ0n) is 12.6. The predicted molar refractivity (Wildman–Crippen MR) is 81.0 cm³/mol. The van der Waals surface area contributed by atoms with Crippen molar-refractivity contribution < 1.29 is 9.32 Å². The van der Waals surface area contributed by atoms with Crippen molar-refractivity contribution in [1.82, 2.24) is 15.0 Å². The van der Waals surface area contributed by atoms with E-state index in [1.807, 2.05) is 37.3 Å². The maximum Gasteiger partial charge on any atom is 0.239 e. The van der Waals surface area contributed by atoms with Gasteiger partial charge in [-0.05, 0) is 38.4 Å². The summed E-state index contributed by atoms with van der Waals surface area (Å²) in [7, 11) is 0. The Balaban J connectivity index is 1.70. The number of aryl methyl sites for hydroxylation is 1. The van der Waals surface area contributed by atoms with Crippen LogP contribution in [0.4, 0.5) is 0 Å². The van der Waals surface area contributed by atoms with Crippen LogP contribution in [0.25, 0.3) is 0 Å². The molecule has 1 amide bonds. The lowest BCUT2D eigenvalue weighted by molar-refractivity contribution is -0.124. The van der Waals surface area contributed by atoms with Gasteiger partial charge in [-0.3, -0.25) is 9.69 Å². The summed E-state index contributed by atoms with van der Waals surface area (Å²) in [6.45, 7) is 3.39. The molecule has 0 aliphatic carbocycles. The van der Waals surface area contributed by atoms with E-state index < -0.39 is 0 Å². The molecule has 6 heteroatoms. The third-order valence-corrected chi connectivity index (χ3v) is 4.17. The quantitative estimate of drug-likeness (QED) is 0.930. The molecule has 0 bridgehead atoms. The first-order valence-corrected chi connectivity index (χ1v) is 7.53. The highest BCUT2D eigenvalue weighted by Crippen LogP contribution is 2.31. The predicted octanol–water partition coefficient (Wildman–Crippen LogP) is 1.78. The fourth-order valence-corrected chi connectivity index (χ4v) is 3.07. The summed E-state index contributed by atoms with van der Waals surface area (Å²) in [6.07, 6.45) is 1.77. The molecule has 0 radical (unpaired) electrons. The van der Waals surface area contributed by atoms with Gasteiger partial charge >= 0.3 is 0 Å². The van der Waals surface area contributed by atoms with Crippen LogP contribution in [0.2, 0.25) is 0 Å². The normalized spacial score (nSPS) is 18.2. The lowest BCUT2D eigenvalue weighted by atomic mass is 9.94. The van der Waals surface area contributed by atoms with Gasteiger partial charge in [0, 0.05) is 5.92 Å². The molecule has 22 heavy (non-hydrogen) atoms. The average Bonchev–Trinajstić information content (AvgIpc) is 2.95. The number of primary amides is 1. The van der Waals surface area contributed by atoms with E-state index in [2.05, 4.69) is 15.0 Å². The van der Waals surface area contributed by atoms with Crippen LogP contribution in [0.15, 0.2) is 34.9 Å². The Bertz CT molecular complexity index is 633. The zero-order chi connectivity index (χ0) is 15.5. The molecule has 1 saturated heterocycles. The minimum Gasteiger partial charge on any atom is -0.368 e. The number of nitrogens with zero attached hydrogens (tertiary/aromatic N) is 3. The Labute approximate surface area is 129 Å². The molecule has 2 heterocycles. The topological polar surface area (TPSA) is 85.3 Å². The van der Waals surface area contributed by atoms with Crippen molar-refractivity contribution >= 4 is 5.91 Å². The van der Waals surface area contributed by atoms with E-state index in [1.165, 1.54) is 0 Å².